The highest BCUT2D eigenvalue weighted by molar-refractivity contribution is 5.23. The molecule has 0 amide bonds. The van der Waals surface area contributed by atoms with Gasteiger partial charge in [-0.25, -0.2) is 4.39 Å². The first-order chi connectivity index (χ1) is 9.83. The van der Waals surface area contributed by atoms with Crippen molar-refractivity contribution in [3.05, 3.63) is 30.1 Å². The van der Waals surface area contributed by atoms with Gasteiger partial charge in [0.15, 0.2) is 0 Å². The molecule has 0 saturated carbocycles. The molecule has 1 N–H and O–H groups in total. The molecule has 2 saturated heterocycles. The Morgan fingerprint density at radius 1 is 1.20 bits per heavy atom. The van der Waals surface area contributed by atoms with Gasteiger partial charge in [0.2, 0.25) is 0 Å². The summed E-state index contributed by atoms with van der Waals surface area (Å²) < 4.78 is 25.0. The Morgan fingerprint density at radius 3 is 2.75 bits per heavy atom. The molecule has 3 nitrogen and oxygen atoms in total. The SMILES string of the molecule is Fc1cccc(O[C@@H](C2CCOCC2)[C@@H]2CCNC2)c1. The standard InChI is InChI=1S/C16H22FNO2/c17-14-2-1-3-15(10-14)20-16(13-4-7-18-11-13)12-5-8-19-9-6-12/h1-3,10,12-13,16,18H,4-9,11H2/t13-,16+/m1/s1. The number of rotatable bonds is 4. The monoisotopic (exact) mass is 279 g/mol. The lowest BCUT2D eigenvalue weighted by molar-refractivity contribution is -0.00144. The fourth-order valence-electron chi connectivity index (χ4n) is 3.28. The third-order valence-corrected chi connectivity index (χ3v) is 4.36. The average molecular weight is 279 g/mol. The zero-order valence-electron chi connectivity index (χ0n) is 11.7. The fraction of sp³-hybridized carbons (Fsp3) is 0.625. The lowest BCUT2D eigenvalue weighted by Crippen LogP contribution is -2.39. The molecule has 110 valence electrons. The maximum atomic E-state index is 13.3. The van der Waals surface area contributed by atoms with Crippen molar-refractivity contribution in [2.75, 3.05) is 26.3 Å². The van der Waals surface area contributed by atoms with Crippen LogP contribution in [0.4, 0.5) is 4.39 Å². The molecule has 2 atom stereocenters. The van der Waals surface area contributed by atoms with Crippen LogP contribution < -0.4 is 10.1 Å². The summed E-state index contributed by atoms with van der Waals surface area (Å²) in [7, 11) is 0. The van der Waals surface area contributed by atoms with E-state index >= 15 is 0 Å². The number of ether oxygens (including phenoxy) is 2. The number of hydrogen-bond acceptors (Lipinski definition) is 3. The van der Waals surface area contributed by atoms with Crippen LogP contribution in [0.3, 0.4) is 0 Å². The van der Waals surface area contributed by atoms with E-state index in [1.807, 2.05) is 6.07 Å². The molecule has 1 aromatic rings. The van der Waals surface area contributed by atoms with Crippen molar-refractivity contribution in [2.45, 2.75) is 25.4 Å². The molecule has 0 aromatic heterocycles. The summed E-state index contributed by atoms with van der Waals surface area (Å²) in [6.45, 7) is 3.68. The Balaban J connectivity index is 1.73. The second kappa shape index (κ2) is 6.55. The van der Waals surface area contributed by atoms with Crippen LogP contribution >= 0.6 is 0 Å². The molecule has 0 spiro atoms. The molecule has 0 aliphatic carbocycles. The van der Waals surface area contributed by atoms with Crippen LogP contribution in [0.5, 0.6) is 5.75 Å². The fourth-order valence-corrected chi connectivity index (χ4v) is 3.28. The molecule has 0 bridgehead atoms. The lowest BCUT2D eigenvalue weighted by Gasteiger charge is -2.34. The van der Waals surface area contributed by atoms with Crippen molar-refractivity contribution in [1.82, 2.24) is 5.32 Å². The Labute approximate surface area is 119 Å². The highest BCUT2D eigenvalue weighted by Gasteiger charge is 2.34. The largest absolute Gasteiger partial charge is 0.490 e. The van der Waals surface area contributed by atoms with Gasteiger partial charge in [0, 0.05) is 37.7 Å². The topological polar surface area (TPSA) is 30.5 Å². The van der Waals surface area contributed by atoms with Crippen molar-refractivity contribution >= 4 is 0 Å². The first-order valence-corrected chi connectivity index (χ1v) is 7.53. The summed E-state index contributed by atoms with van der Waals surface area (Å²) in [5, 5.41) is 3.40. The van der Waals surface area contributed by atoms with Gasteiger partial charge in [-0.1, -0.05) is 6.07 Å². The first kappa shape index (κ1) is 13.8. The van der Waals surface area contributed by atoms with E-state index in [1.54, 1.807) is 6.07 Å². The van der Waals surface area contributed by atoms with Crippen LogP contribution in [0.1, 0.15) is 19.3 Å². The minimum absolute atomic E-state index is 0.163. The summed E-state index contributed by atoms with van der Waals surface area (Å²) >= 11 is 0. The molecule has 0 unspecified atom stereocenters. The summed E-state index contributed by atoms with van der Waals surface area (Å²) in [4.78, 5) is 0. The van der Waals surface area contributed by atoms with Gasteiger partial charge in [-0.05, 0) is 37.9 Å². The van der Waals surface area contributed by atoms with Crippen molar-refractivity contribution < 1.29 is 13.9 Å². The zero-order chi connectivity index (χ0) is 13.8. The summed E-state index contributed by atoms with van der Waals surface area (Å²) in [6, 6.07) is 6.48. The highest BCUT2D eigenvalue weighted by Crippen LogP contribution is 2.31. The van der Waals surface area contributed by atoms with Crippen molar-refractivity contribution in [1.29, 1.82) is 0 Å². The minimum Gasteiger partial charge on any atom is -0.490 e. The smallest absolute Gasteiger partial charge is 0.126 e. The minimum atomic E-state index is -0.238. The van der Waals surface area contributed by atoms with E-state index in [-0.39, 0.29) is 11.9 Å². The summed E-state index contributed by atoms with van der Waals surface area (Å²) in [5.74, 6) is 1.43. The molecule has 2 aliphatic heterocycles. The van der Waals surface area contributed by atoms with E-state index in [2.05, 4.69) is 5.32 Å². The Kier molecular flexibility index (Phi) is 4.53. The van der Waals surface area contributed by atoms with E-state index in [0.717, 1.165) is 45.6 Å². The van der Waals surface area contributed by atoms with Gasteiger partial charge < -0.3 is 14.8 Å². The molecule has 4 heteroatoms. The number of benzene rings is 1. The van der Waals surface area contributed by atoms with Gasteiger partial charge in [0.05, 0.1) is 0 Å². The second-order valence-electron chi connectivity index (χ2n) is 5.74. The molecule has 20 heavy (non-hydrogen) atoms. The van der Waals surface area contributed by atoms with Crippen LogP contribution in [0.25, 0.3) is 0 Å². The Bertz CT molecular complexity index is 428. The van der Waals surface area contributed by atoms with Gasteiger partial charge >= 0.3 is 0 Å². The zero-order valence-corrected chi connectivity index (χ0v) is 11.7. The van der Waals surface area contributed by atoms with Gasteiger partial charge in [-0.15, -0.1) is 0 Å². The maximum Gasteiger partial charge on any atom is 0.126 e. The number of hydrogen-bond donors (Lipinski definition) is 1. The molecule has 0 radical (unpaired) electrons. The van der Waals surface area contributed by atoms with Crippen LogP contribution in [-0.2, 0) is 4.74 Å². The van der Waals surface area contributed by atoms with Crippen LogP contribution in [0, 0.1) is 17.7 Å². The normalized spacial score (nSPS) is 25.6. The van der Waals surface area contributed by atoms with E-state index in [9.17, 15) is 4.39 Å². The summed E-state index contributed by atoms with van der Waals surface area (Å²) in [5.41, 5.74) is 0. The van der Waals surface area contributed by atoms with Gasteiger partial charge in [-0.3, -0.25) is 0 Å². The van der Waals surface area contributed by atoms with Gasteiger partial charge in [-0.2, -0.15) is 0 Å². The van der Waals surface area contributed by atoms with Gasteiger partial charge in [0.1, 0.15) is 17.7 Å². The number of nitrogens with one attached hydrogen (secondary N) is 1. The molecular weight excluding hydrogens is 257 g/mol. The third kappa shape index (κ3) is 3.30. The van der Waals surface area contributed by atoms with Crippen LogP contribution in [-0.4, -0.2) is 32.4 Å². The first-order valence-electron chi connectivity index (χ1n) is 7.53. The Morgan fingerprint density at radius 2 is 2.05 bits per heavy atom. The molecule has 2 aliphatic rings. The van der Waals surface area contributed by atoms with E-state index in [4.69, 9.17) is 9.47 Å². The third-order valence-electron chi connectivity index (χ3n) is 4.36. The predicted molar refractivity (Wildman–Crippen MR) is 75.3 cm³/mol. The second-order valence-corrected chi connectivity index (χ2v) is 5.74. The van der Waals surface area contributed by atoms with E-state index < -0.39 is 0 Å². The molecular formula is C16H22FNO2. The number of halogens is 1. The van der Waals surface area contributed by atoms with Crippen LogP contribution in [0.2, 0.25) is 0 Å². The Hall–Kier alpha value is -1.13. The maximum absolute atomic E-state index is 13.3. The van der Waals surface area contributed by atoms with Crippen molar-refractivity contribution in [3.63, 3.8) is 0 Å². The van der Waals surface area contributed by atoms with E-state index in [1.165, 1.54) is 12.1 Å². The lowest BCUT2D eigenvalue weighted by atomic mass is 9.85. The van der Waals surface area contributed by atoms with Gasteiger partial charge in [0.25, 0.3) is 0 Å². The predicted octanol–water partition coefficient (Wildman–Crippen LogP) is 2.61. The highest BCUT2D eigenvalue weighted by atomic mass is 19.1. The van der Waals surface area contributed by atoms with Crippen LogP contribution in [0.15, 0.2) is 24.3 Å². The molecule has 3 rings (SSSR count). The van der Waals surface area contributed by atoms with Crippen molar-refractivity contribution in [2.24, 2.45) is 11.8 Å². The molecule has 2 heterocycles. The molecule has 2 fully saturated rings. The summed E-state index contributed by atoms with van der Waals surface area (Å²) in [6.07, 6.45) is 3.38. The van der Waals surface area contributed by atoms with Crippen molar-refractivity contribution in [3.8, 4) is 5.75 Å². The molecule has 1 aromatic carbocycles. The average Bonchev–Trinajstić information content (AvgIpc) is 3.00. The van der Waals surface area contributed by atoms with E-state index in [0.29, 0.717) is 17.6 Å². The quantitative estimate of drug-likeness (QED) is 0.919.